The number of carbonyl (C=O) groups excluding carboxylic acids is 1. The molecule has 0 bridgehead atoms. The summed E-state index contributed by atoms with van der Waals surface area (Å²) in [6, 6.07) is 6.77. The van der Waals surface area contributed by atoms with E-state index in [9.17, 15) is 13.2 Å². The van der Waals surface area contributed by atoms with Crippen LogP contribution in [-0.4, -0.2) is 26.0 Å². The predicted octanol–water partition coefficient (Wildman–Crippen LogP) is 1.05. The van der Waals surface area contributed by atoms with Crippen LogP contribution in [0.1, 0.15) is 17.9 Å². The summed E-state index contributed by atoms with van der Waals surface area (Å²) in [6.45, 7) is 0. The zero-order chi connectivity index (χ0) is 12.5. The highest BCUT2D eigenvalue weighted by atomic mass is 32.2. The number of amides is 1. The molecule has 1 aromatic rings. The number of benzene rings is 1. The van der Waals surface area contributed by atoms with Crippen LogP contribution in [0.15, 0.2) is 24.3 Å². The monoisotopic (exact) mass is 255 g/mol. The topological polar surface area (TPSA) is 86.5 Å². The van der Waals surface area contributed by atoms with Crippen molar-refractivity contribution in [2.24, 2.45) is 5.73 Å². The normalized spacial score (nSPS) is 22.2. The number of hydrogen-bond acceptors (Lipinski definition) is 4. The van der Waals surface area contributed by atoms with E-state index in [1.54, 1.807) is 24.3 Å². The van der Waals surface area contributed by atoms with E-state index in [1.807, 2.05) is 0 Å². The van der Waals surface area contributed by atoms with E-state index >= 15 is 0 Å². The van der Waals surface area contributed by atoms with Crippen LogP contribution in [0.4, 0.5) is 4.79 Å². The molecule has 1 heterocycles. The van der Waals surface area contributed by atoms with E-state index in [2.05, 4.69) is 0 Å². The van der Waals surface area contributed by atoms with E-state index in [0.717, 1.165) is 5.56 Å². The van der Waals surface area contributed by atoms with Gasteiger partial charge in [-0.05, 0) is 30.0 Å². The van der Waals surface area contributed by atoms with Crippen molar-refractivity contribution in [3.63, 3.8) is 0 Å². The van der Waals surface area contributed by atoms with Gasteiger partial charge in [0.1, 0.15) is 5.75 Å². The summed E-state index contributed by atoms with van der Waals surface area (Å²) in [4.78, 5) is 10.5. The number of hydrogen-bond donors (Lipinski definition) is 1. The van der Waals surface area contributed by atoms with E-state index in [1.165, 1.54) is 0 Å². The molecule has 2 rings (SSSR count). The lowest BCUT2D eigenvalue weighted by Gasteiger charge is -2.08. The minimum absolute atomic E-state index is 0.0441. The highest BCUT2D eigenvalue weighted by Crippen LogP contribution is 2.29. The second-order valence-electron chi connectivity index (χ2n) is 4.09. The van der Waals surface area contributed by atoms with E-state index < -0.39 is 15.9 Å². The van der Waals surface area contributed by atoms with Crippen LogP contribution in [0.5, 0.6) is 5.75 Å². The minimum atomic E-state index is -2.88. The van der Waals surface area contributed by atoms with Gasteiger partial charge in [0.05, 0.1) is 11.5 Å². The zero-order valence-electron chi connectivity index (χ0n) is 9.13. The van der Waals surface area contributed by atoms with Gasteiger partial charge in [-0.1, -0.05) is 12.1 Å². The van der Waals surface area contributed by atoms with E-state index in [0.29, 0.717) is 12.2 Å². The highest BCUT2D eigenvalue weighted by Gasteiger charge is 2.28. The average molecular weight is 255 g/mol. The molecular weight excluding hydrogens is 242 g/mol. The van der Waals surface area contributed by atoms with Crippen LogP contribution in [0, 0.1) is 0 Å². The van der Waals surface area contributed by atoms with Gasteiger partial charge in [-0.15, -0.1) is 0 Å². The minimum Gasteiger partial charge on any atom is -0.411 e. The molecule has 1 fully saturated rings. The number of nitrogens with two attached hydrogens (primary N) is 1. The fourth-order valence-electron chi connectivity index (χ4n) is 1.98. The van der Waals surface area contributed by atoms with Crippen LogP contribution >= 0.6 is 0 Å². The van der Waals surface area contributed by atoms with Gasteiger partial charge in [-0.2, -0.15) is 0 Å². The molecule has 0 spiro atoms. The number of carbonyl (C=O) groups is 1. The maximum absolute atomic E-state index is 11.3. The predicted molar refractivity (Wildman–Crippen MR) is 62.7 cm³/mol. The summed E-state index contributed by atoms with van der Waals surface area (Å²) >= 11 is 0. The Balaban J connectivity index is 2.11. The summed E-state index contributed by atoms with van der Waals surface area (Å²) in [6.07, 6.45) is -0.209. The fraction of sp³-hybridized carbons (Fsp3) is 0.364. The van der Waals surface area contributed by atoms with Crippen molar-refractivity contribution in [1.82, 2.24) is 0 Å². The molecule has 1 atom stereocenters. The lowest BCUT2D eigenvalue weighted by atomic mass is 9.99. The molecule has 6 heteroatoms. The second-order valence-corrected chi connectivity index (χ2v) is 6.32. The van der Waals surface area contributed by atoms with Crippen molar-refractivity contribution in [1.29, 1.82) is 0 Å². The number of primary amides is 1. The van der Waals surface area contributed by atoms with Crippen molar-refractivity contribution >= 4 is 15.9 Å². The van der Waals surface area contributed by atoms with Gasteiger partial charge in [0, 0.05) is 0 Å². The van der Waals surface area contributed by atoms with Crippen LogP contribution in [-0.2, 0) is 9.84 Å². The number of ether oxygens (including phenoxy) is 1. The zero-order valence-corrected chi connectivity index (χ0v) is 9.94. The van der Waals surface area contributed by atoms with Gasteiger partial charge in [0.2, 0.25) is 0 Å². The molecule has 1 saturated heterocycles. The van der Waals surface area contributed by atoms with Crippen molar-refractivity contribution in [2.75, 3.05) is 11.5 Å². The molecule has 5 nitrogen and oxygen atoms in total. The van der Waals surface area contributed by atoms with E-state index in [-0.39, 0.29) is 17.4 Å². The van der Waals surface area contributed by atoms with Crippen LogP contribution < -0.4 is 10.5 Å². The largest absolute Gasteiger partial charge is 0.411 e. The van der Waals surface area contributed by atoms with Gasteiger partial charge < -0.3 is 10.5 Å². The van der Waals surface area contributed by atoms with Crippen molar-refractivity contribution < 1.29 is 17.9 Å². The molecule has 1 aromatic carbocycles. The smallest absolute Gasteiger partial charge is 0.409 e. The summed E-state index contributed by atoms with van der Waals surface area (Å²) in [5.74, 6) is 0.852. The van der Waals surface area contributed by atoms with Crippen molar-refractivity contribution in [3.05, 3.63) is 29.8 Å². The first kappa shape index (κ1) is 11.9. The van der Waals surface area contributed by atoms with Gasteiger partial charge in [-0.25, -0.2) is 13.2 Å². The molecule has 1 aliphatic heterocycles. The molecule has 92 valence electrons. The summed E-state index contributed by atoms with van der Waals surface area (Å²) in [5, 5.41) is 0. The Morgan fingerprint density at radius 2 is 1.94 bits per heavy atom. The first-order chi connectivity index (χ1) is 7.96. The summed E-state index contributed by atoms with van der Waals surface area (Å²) in [5.41, 5.74) is 5.83. The Morgan fingerprint density at radius 1 is 1.29 bits per heavy atom. The third-order valence-corrected chi connectivity index (χ3v) is 4.57. The van der Waals surface area contributed by atoms with E-state index in [4.69, 9.17) is 10.5 Å². The lowest BCUT2D eigenvalue weighted by Crippen LogP contribution is -2.16. The van der Waals surface area contributed by atoms with Crippen LogP contribution in [0.2, 0.25) is 0 Å². The summed E-state index contributed by atoms with van der Waals surface area (Å²) in [7, 11) is -2.88. The molecule has 1 amide bonds. The maximum atomic E-state index is 11.3. The standard InChI is InChI=1S/C11H13NO4S/c12-11(13)16-10-3-1-8(2-4-10)9-5-6-17(14,15)7-9/h1-4,9H,5-7H2,(H2,12,13). The Kier molecular flexibility index (Phi) is 3.06. The Bertz CT molecular complexity index is 521. The molecule has 0 aliphatic carbocycles. The maximum Gasteiger partial charge on any atom is 0.409 e. The Morgan fingerprint density at radius 3 is 2.41 bits per heavy atom. The quantitative estimate of drug-likeness (QED) is 0.855. The molecule has 0 saturated carbocycles. The van der Waals surface area contributed by atoms with Gasteiger partial charge in [0.15, 0.2) is 9.84 Å². The number of rotatable bonds is 2. The molecule has 1 unspecified atom stereocenters. The molecule has 17 heavy (non-hydrogen) atoms. The Hall–Kier alpha value is -1.56. The molecular formula is C11H13NO4S. The molecule has 1 aliphatic rings. The highest BCUT2D eigenvalue weighted by molar-refractivity contribution is 7.91. The summed E-state index contributed by atoms with van der Waals surface area (Å²) < 4.78 is 27.4. The lowest BCUT2D eigenvalue weighted by molar-refractivity contribution is 0.211. The average Bonchev–Trinajstić information content (AvgIpc) is 2.59. The van der Waals surface area contributed by atoms with Gasteiger partial charge in [0.25, 0.3) is 0 Å². The second kappa shape index (κ2) is 4.37. The van der Waals surface area contributed by atoms with Gasteiger partial charge >= 0.3 is 6.09 Å². The van der Waals surface area contributed by atoms with Crippen molar-refractivity contribution in [3.8, 4) is 5.75 Å². The third-order valence-electron chi connectivity index (χ3n) is 2.80. The van der Waals surface area contributed by atoms with Gasteiger partial charge in [-0.3, -0.25) is 0 Å². The van der Waals surface area contributed by atoms with Crippen LogP contribution in [0.25, 0.3) is 0 Å². The molecule has 0 radical (unpaired) electrons. The Labute approximate surface area is 99.5 Å². The molecule has 2 N–H and O–H groups in total. The third kappa shape index (κ3) is 2.97. The fourth-order valence-corrected chi connectivity index (χ4v) is 3.76. The first-order valence-corrected chi connectivity index (χ1v) is 7.06. The SMILES string of the molecule is NC(=O)Oc1ccc(C2CCS(=O)(=O)C2)cc1. The van der Waals surface area contributed by atoms with Crippen LogP contribution in [0.3, 0.4) is 0 Å². The number of sulfone groups is 1. The molecule has 0 aromatic heterocycles. The van der Waals surface area contributed by atoms with Crippen molar-refractivity contribution in [2.45, 2.75) is 12.3 Å². The first-order valence-electron chi connectivity index (χ1n) is 5.24.